The Morgan fingerprint density at radius 1 is 0.525 bits per heavy atom. The summed E-state index contributed by atoms with van der Waals surface area (Å²) in [6.45, 7) is 4.56. The largest absolute Gasteiger partial charge is 0.544 e. The Kier molecular flexibility index (Phi) is 40.5. The Labute approximate surface area is 364 Å². The third-order valence-electron chi connectivity index (χ3n) is 11.0. The lowest BCUT2D eigenvalue weighted by Gasteiger charge is -2.34. The van der Waals surface area contributed by atoms with Gasteiger partial charge in [-0.25, -0.2) is 0 Å². The minimum atomic E-state index is -1.13. The van der Waals surface area contributed by atoms with E-state index < -0.39 is 18.1 Å². The summed E-state index contributed by atoms with van der Waals surface area (Å²) in [4.78, 5) is 36.9. The first-order chi connectivity index (χ1) is 28.6. The molecule has 2 atom stereocenters. The van der Waals surface area contributed by atoms with Crippen LogP contribution in [0.4, 0.5) is 0 Å². The highest BCUT2D eigenvalue weighted by Gasteiger charge is 2.25. The Morgan fingerprint density at radius 2 is 0.949 bits per heavy atom. The number of likely N-dealkylation sites (N-methyl/N-ethyl adjacent to an activating group) is 1. The van der Waals surface area contributed by atoms with Crippen LogP contribution in [0.25, 0.3) is 0 Å². The number of quaternary nitrogens is 1. The minimum Gasteiger partial charge on any atom is -0.544 e. The van der Waals surface area contributed by atoms with E-state index in [1.54, 1.807) is 21.1 Å². The van der Waals surface area contributed by atoms with Gasteiger partial charge in [-0.1, -0.05) is 172 Å². The third kappa shape index (κ3) is 40.7. The Balaban J connectivity index is 4.23. The predicted molar refractivity (Wildman–Crippen MR) is 245 cm³/mol. The zero-order valence-electron chi connectivity index (χ0n) is 39.2. The van der Waals surface area contributed by atoms with Gasteiger partial charge in [0, 0.05) is 19.3 Å². The number of hydrogen-bond acceptors (Lipinski definition) is 7. The Bertz CT molecular complexity index is 1060. The van der Waals surface area contributed by atoms with Gasteiger partial charge in [-0.3, -0.25) is 9.59 Å². The van der Waals surface area contributed by atoms with Crippen LogP contribution in [-0.2, 0) is 28.6 Å². The van der Waals surface area contributed by atoms with Crippen molar-refractivity contribution in [3.05, 3.63) is 36.5 Å². The van der Waals surface area contributed by atoms with Crippen molar-refractivity contribution in [1.82, 2.24) is 0 Å². The topological polar surface area (TPSA) is 102 Å². The third-order valence-corrected chi connectivity index (χ3v) is 11.0. The van der Waals surface area contributed by atoms with Crippen molar-refractivity contribution in [3.8, 4) is 0 Å². The van der Waals surface area contributed by atoms with Gasteiger partial charge in [0.25, 0.3) is 0 Å². The van der Waals surface area contributed by atoms with Crippen LogP contribution >= 0.6 is 0 Å². The van der Waals surface area contributed by atoms with Crippen molar-refractivity contribution in [2.24, 2.45) is 0 Å². The number of carboxylic acids is 1. The van der Waals surface area contributed by atoms with E-state index in [1.165, 1.54) is 128 Å². The number of unbranched alkanes of at least 4 members (excludes halogenated alkanes) is 24. The maximum atomic E-state index is 12.7. The molecule has 2 unspecified atom stereocenters. The number of esters is 2. The summed E-state index contributed by atoms with van der Waals surface area (Å²) in [7, 11) is 5.41. The number of allylic oxidation sites excluding steroid dienone is 6. The van der Waals surface area contributed by atoms with Crippen molar-refractivity contribution in [2.45, 2.75) is 231 Å². The highest BCUT2D eigenvalue weighted by Crippen LogP contribution is 2.15. The maximum absolute atomic E-state index is 12.7. The van der Waals surface area contributed by atoms with E-state index in [2.05, 4.69) is 50.3 Å². The summed E-state index contributed by atoms with van der Waals surface area (Å²) < 4.78 is 17.2. The summed E-state index contributed by atoms with van der Waals surface area (Å²) in [5.41, 5.74) is 0. The molecule has 0 bridgehead atoms. The lowest BCUT2D eigenvalue weighted by molar-refractivity contribution is -0.889. The minimum absolute atomic E-state index is 0.0374. The fourth-order valence-electron chi connectivity index (χ4n) is 7.22. The van der Waals surface area contributed by atoms with Crippen LogP contribution in [0, 0.1) is 0 Å². The normalized spacial score (nSPS) is 13.2. The summed E-state index contributed by atoms with van der Waals surface area (Å²) in [6.07, 6.45) is 48.9. The average molecular weight is 832 g/mol. The molecule has 0 rings (SSSR count). The quantitative estimate of drug-likeness (QED) is 0.0261. The lowest BCUT2D eigenvalue weighted by Crippen LogP contribution is -2.55. The standard InChI is InChI=1S/C51H93NO7/c1-6-8-10-12-14-16-18-20-22-23-24-25-26-27-28-30-31-33-35-37-39-41-49(53)58-46-47(45-57-44-43-48(51(55)56)52(3,4)5)59-50(54)42-40-38-36-34-32-29-21-19-17-15-13-11-9-7-2/h9,11,15,17,25-26,47-48H,6-8,10,12-14,16,18-24,27-46H2,1-5H3/b11-9+,17-15+,26-25+. The van der Waals surface area contributed by atoms with E-state index in [4.69, 9.17) is 14.2 Å². The number of ether oxygens (including phenoxy) is 3. The van der Waals surface area contributed by atoms with Gasteiger partial charge in [-0.15, -0.1) is 0 Å². The molecule has 59 heavy (non-hydrogen) atoms. The smallest absolute Gasteiger partial charge is 0.306 e. The molecule has 0 aromatic carbocycles. The van der Waals surface area contributed by atoms with Crippen LogP contribution in [0.1, 0.15) is 219 Å². The molecule has 0 saturated heterocycles. The maximum Gasteiger partial charge on any atom is 0.306 e. The van der Waals surface area contributed by atoms with Crippen molar-refractivity contribution in [2.75, 3.05) is 41.0 Å². The zero-order chi connectivity index (χ0) is 43.5. The summed E-state index contributed by atoms with van der Waals surface area (Å²) in [6, 6.07) is -0.727. The molecule has 0 aromatic heterocycles. The van der Waals surface area contributed by atoms with E-state index in [-0.39, 0.29) is 42.7 Å². The first-order valence-electron chi connectivity index (χ1n) is 24.5. The van der Waals surface area contributed by atoms with Crippen LogP contribution in [-0.4, -0.2) is 75.5 Å². The van der Waals surface area contributed by atoms with Crippen LogP contribution in [0.3, 0.4) is 0 Å². The molecule has 0 aliphatic carbocycles. The molecule has 0 radical (unpaired) electrons. The lowest BCUT2D eigenvalue weighted by atomic mass is 10.1. The molecule has 0 aliphatic heterocycles. The molecule has 0 heterocycles. The van der Waals surface area contributed by atoms with Crippen LogP contribution in [0.2, 0.25) is 0 Å². The van der Waals surface area contributed by atoms with Gasteiger partial charge in [0.2, 0.25) is 0 Å². The fraction of sp³-hybridized carbons (Fsp3) is 0.824. The zero-order valence-corrected chi connectivity index (χ0v) is 39.2. The average Bonchev–Trinajstić information content (AvgIpc) is 3.19. The monoisotopic (exact) mass is 832 g/mol. The van der Waals surface area contributed by atoms with Gasteiger partial charge >= 0.3 is 11.9 Å². The number of nitrogens with zero attached hydrogens (tertiary/aromatic N) is 1. The molecule has 8 heteroatoms. The first kappa shape index (κ1) is 56.5. The van der Waals surface area contributed by atoms with Gasteiger partial charge in [0.15, 0.2) is 6.10 Å². The van der Waals surface area contributed by atoms with E-state index in [0.717, 1.165) is 57.8 Å². The molecular weight excluding hydrogens is 739 g/mol. The first-order valence-corrected chi connectivity index (χ1v) is 24.5. The van der Waals surface area contributed by atoms with Gasteiger partial charge < -0.3 is 28.6 Å². The predicted octanol–water partition coefficient (Wildman–Crippen LogP) is 12.5. The summed E-state index contributed by atoms with van der Waals surface area (Å²) in [5, 5.41) is 11.6. The van der Waals surface area contributed by atoms with Crippen LogP contribution in [0.15, 0.2) is 36.5 Å². The van der Waals surface area contributed by atoms with Gasteiger partial charge in [-0.05, 0) is 64.2 Å². The molecule has 0 aliphatic rings. The molecule has 0 spiro atoms. The molecule has 0 aromatic rings. The Morgan fingerprint density at radius 3 is 1.41 bits per heavy atom. The second kappa shape index (κ2) is 42.2. The number of hydrogen-bond donors (Lipinski definition) is 0. The molecule has 344 valence electrons. The van der Waals surface area contributed by atoms with E-state index >= 15 is 0 Å². The number of carbonyl (C=O) groups excluding carboxylic acids is 3. The fourth-order valence-corrected chi connectivity index (χ4v) is 7.22. The van der Waals surface area contributed by atoms with Crippen molar-refractivity contribution in [1.29, 1.82) is 0 Å². The van der Waals surface area contributed by atoms with Gasteiger partial charge in [0.1, 0.15) is 12.6 Å². The second-order valence-corrected chi connectivity index (χ2v) is 17.7. The highest BCUT2D eigenvalue weighted by atomic mass is 16.6. The Hall–Kier alpha value is -2.45. The summed E-state index contributed by atoms with van der Waals surface area (Å²) in [5.74, 6) is -1.74. The molecule has 0 amide bonds. The van der Waals surface area contributed by atoms with Crippen LogP contribution < -0.4 is 5.11 Å². The van der Waals surface area contributed by atoms with E-state index in [1.807, 2.05) is 0 Å². The SMILES string of the molecule is CC/C=C/C/C=C/CCCCCCCCCC(=O)OC(COCCC(C(=O)[O-])[N+](C)(C)C)COC(=O)CCCCCCCCC/C=C/CCCCCCCCCCCC. The van der Waals surface area contributed by atoms with E-state index in [0.29, 0.717) is 12.8 Å². The van der Waals surface area contributed by atoms with Gasteiger partial charge in [0.05, 0.1) is 40.3 Å². The molecule has 0 N–H and O–H groups in total. The van der Waals surface area contributed by atoms with Crippen molar-refractivity contribution in [3.63, 3.8) is 0 Å². The number of aliphatic carboxylic acids is 1. The molecule has 8 nitrogen and oxygen atoms in total. The van der Waals surface area contributed by atoms with Crippen molar-refractivity contribution >= 4 is 17.9 Å². The van der Waals surface area contributed by atoms with Crippen molar-refractivity contribution < 1.29 is 38.2 Å². The van der Waals surface area contributed by atoms with E-state index in [9.17, 15) is 19.5 Å². The summed E-state index contributed by atoms with van der Waals surface area (Å²) >= 11 is 0. The number of rotatable bonds is 44. The number of carbonyl (C=O) groups is 3. The van der Waals surface area contributed by atoms with Gasteiger partial charge in [-0.2, -0.15) is 0 Å². The molecule has 0 fully saturated rings. The number of carboxylic acid groups (broad SMARTS) is 1. The molecule has 0 saturated carbocycles. The second-order valence-electron chi connectivity index (χ2n) is 17.7. The van der Waals surface area contributed by atoms with Crippen LogP contribution in [0.5, 0.6) is 0 Å². The highest BCUT2D eigenvalue weighted by molar-refractivity contribution is 5.70. The molecular formula is C51H93NO7.